The molecule has 5 rings (SSSR count). The number of ether oxygens (including phenoxy) is 6. The molecule has 1 aromatic heterocycles. The topological polar surface area (TPSA) is 166 Å². The van der Waals surface area contributed by atoms with Gasteiger partial charge in [-0.2, -0.15) is 0 Å². The van der Waals surface area contributed by atoms with Crippen LogP contribution in [0.1, 0.15) is 66.9 Å². The van der Waals surface area contributed by atoms with Gasteiger partial charge in [0.1, 0.15) is 23.6 Å². The maximum absolute atomic E-state index is 14.0. The van der Waals surface area contributed by atoms with E-state index in [0.29, 0.717) is 18.8 Å². The number of morpholine rings is 1. The van der Waals surface area contributed by atoms with E-state index in [2.05, 4.69) is 14.8 Å². The van der Waals surface area contributed by atoms with Crippen molar-refractivity contribution >= 4 is 17.7 Å². The van der Waals surface area contributed by atoms with Crippen molar-refractivity contribution in [2.45, 2.75) is 128 Å². The monoisotopic (exact) mass is 761 g/mol. The van der Waals surface area contributed by atoms with Gasteiger partial charge in [0.15, 0.2) is 6.29 Å². The third kappa shape index (κ3) is 8.71. The number of likely N-dealkylation sites (N-methyl/N-ethyl adjacent to an activating group) is 1. The molecular weight excluding hydrogens is 698 g/mol. The molecule has 1 aromatic rings. The average molecular weight is 762 g/mol. The lowest BCUT2D eigenvalue weighted by molar-refractivity contribution is -0.291. The molecular formula is C40H63N3O11. The molecule has 4 aliphatic rings. The Morgan fingerprint density at radius 1 is 1.06 bits per heavy atom. The number of esters is 2. The lowest BCUT2D eigenvalue weighted by Gasteiger charge is -2.52. The Morgan fingerprint density at radius 2 is 1.70 bits per heavy atom. The van der Waals surface area contributed by atoms with Gasteiger partial charge in [-0.05, 0) is 65.4 Å². The number of nitrogens with zero attached hydrogens (tertiary/aromatic N) is 3. The molecule has 2 N–H and O–H groups in total. The van der Waals surface area contributed by atoms with Crippen molar-refractivity contribution in [3.05, 3.63) is 30.1 Å². The minimum Gasteiger partial charge on any atom is -0.461 e. The second-order valence-electron chi connectivity index (χ2n) is 16.7. The van der Waals surface area contributed by atoms with Crippen LogP contribution in [0.4, 0.5) is 0 Å². The van der Waals surface area contributed by atoms with Crippen molar-refractivity contribution < 1.29 is 53.0 Å². The first-order valence-electron chi connectivity index (χ1n) is 19.5. The van der Waals surface area contributed by atoms with Crippen LogP contribution in [-0.4, -0.2) is 150 Å². The molecule has 4 heterocycles. The highest BCUT2D eigenvalue weighted by Gasteiger charge is 2.70. The van der Waals surface area contributed by atoms with E-state index in [0.717, 1.165) is 19.5 Å². The fourth-order valence-corrected chi connectivity index (χ4v) is 9.23. The number of aliphatic hydroxyl groups is 2. The number of methoxy groups -OCH3 is 1. The van der Waals surface area contributed by atoms with E-state index in [4.69, 9.17) is 28.4 Å². The Bertz CT molecular complexity index is 1450. The fraction of sp³-hybridized carbons (Fsp3) is 0.800. The van der Waals surface area contributed by atoms with Crippen molar-refractivity contribution in [3.63, 3.8) is 0 Å². The first-order valence-corrected chi connectivity index (χ1v) is 19.5. The number of aromatic nitrogens is 1. The van der Waals surface area contributed by atoms with E-state index in [1.807, 2.05) is 34.9 Å². The molecule has 0 aromatic carbocycles. The predicted octanol–water partition coefficient (Wildman–Crippen LogP) is 2.26. The van der Waals surface area contributed by atoms with Crippen LogP contribution in [0.3, 0.4) is 0 Å². The van der Waals surface area contributed by atoms with Gasteiger partial charge in [0.25, 0.3) is 0 Å². The van der Waals surface area contributed by atoms with E-state index in [9.17, 15) is 24.6 Å². The minimum atomic E-state index is -1.81. The van der Waals surface area contributed by atoms with Crippen molar-refractivity contribution in [1.82, 2.24) is 14.8 Å². The summed E-state index contributed by atoms with van der Waals surface area (Å²) < 4.78 is 38.0. The molecule has 14 heteroatoms. The van der Waals surface area contributed by atoms with Gasteiger partial charge in [0.2, 0.25) is 0 Å². The van der Waals surface area contributed by atoms with Crippen molar-refractivity contribution in [1.29, 1.82) is 0 Å². The van der Waals surface area contributed by atoms with E-state index < -0.39 is 83.4 Å². The SMILES string of the molecule is CO[C@@]1(C)C[C@@H](C)C(=O)[C@H](C)[C@@H](O)[C@@]2(O)C(C)[C@H]2OC(=O)[C@H](C)[C@@H](OC(=O)Cc2ccncc2)[C@H](C)[C@H]1O[C@@H]1O[C@H](C)C[C@@H](N2CCOCC2)[C@@H]1N(C)C. The zero-order valence-corrected chi connectivity index (χ0v) is 33.7. The van der Waals surface area contributed by atoms with E-state index in [-0.39, 0.29) is 36.8 Å². The Balaban J connectivity index is 1.58. The zero-order valence-electron chi connectivity index (χ0n) is 33.7. The smallest absolute Gasteiger partial charge is 0.312 e. The molecule has 4 fully saturated rings. The zero-order chi connectivity index (χ0) is 39.7. The Labute approximate surface area is 320 Å². The number of aliphatic hydroxyl groups excluding tert-OH is 1. The van der Waals surface area contributed by atoms with Gasteiger partial charge < -0.3 is 43.5 Å². The van der Waals surface area contributed by atoms with E-state index >= 15 is 0 Å². The molecule has 54 heavy (non-hydrogen) atoms. The number of pyridine rings is 1. The lowest BCUT2D eigenvalue weighted by atomic mass is 9.75. The number of carbonyl (C=O) groups excluding carboxylic acids is 3. The third-order valence-electron chi connectivity index (χ3n) is 12.7. The van der Waals surface area contributed by atoms with Gasteiger partial charge in [-0.1, -0.05) is 27.7 Å². The quantitative estimate of drug-likeness (QED) is 0.371. The summed E-state index contributed by atoms with van der Waals surface area (Å²) in [7, 11) is 5.54. The number of hydrogen-bond donors (Lipinski definition) is 2. The maximum atomic E-state index is 14.0. The first kappa shape index (κ1) is 42.6. The summed E-state index contributed by atoms with van der Waals surface area (Å²) in [5.74, 6) is -5.55. The molecule has 1 unspecified atom stereocenters. The Morgan fingerprint density at radius 3 is 2.31 bits per heavy atom. The molecule has 0 spiro atoms. The van der Waals surface area contributed by atoms with Crippen LogP contribution in [0.15, 0.2) is 24.5 Å². The number of fused-ring (bicyclic) bond motifs is 1. The van der Waals surface area contributed by atoms with Gasteiger partial charge in [0, 0.05) is 62.3 Å². The predicted molar refractivity (Wildman–Crippen MR) is 197 cm³/mol. The molecule has 3 aliphatic heterocycles. The van der Waals surface area contributed by atoms with Crippen LogP contribution in [0.25, 0.3) is 0 Å². The molecule has 0 bridgehead atoms. The molecule has 0 radical (unpaired) electrons. The van der Waals surface area contributed by atoms with Gasteiger partial charge in [-0.25, -0.2) is 0 Å². The van der Waals surface area contributed by atoms with Crippen LogP contribution in [0.5, 0.6) is 0 Å². The summed E-state index contributed by atoms with van der Waals surface area (Å²) in [5.41, 5.74) is -2.32. The Kier molecular flexibility index (Phi) is 13.6. The molecule has 1 aliphatic carbocycles. The summed E-state index contributed by atoms with van der Waals surface area (Å²) in [4.78, 5) is 50.3. The summed E-state index contributed by atoms with van der Waals surface area (Å²) in [6, 6.07) is 3.29. The number of hydrogen-bond acceptors (Lipinski definition) is 14. The maximum Gasteiger partial charge on any atom is 0.312 e. The van der Waals surface area contributed by atoms with Crippen LogP contribution in [-0.2, 0) is 49.2 Å². The molecule has 14 nitrogen and oxygen atoms in total. The van der Waals surface area contributed by atoms with E-state index in [1.165, 1.54) is 0 Å². The first-order chi connectivity index (χ1) is 25.4. The molecule has 3 saturated heterocycles. The molecule has 304 valence electrons. The Hall–Kier alpha value is -2.56. The summed E-state index contributed by atoms with van der Waals surface area (Å²) >= 11 is 0. The highest BCUT2D eigenvalue weighted by molar-refractivity contribution is 5.84. The summed E-state index contributed by atoms with van der Waals surface area (Å²) in [6.45, 7) is 15.2. The minimum absolute atomic E-state index is 0.0667. The number of ketones is 1. The van der Waals surface area contributed by atoms with Crippen LogP contribution >= 0.6 is 0 Å². The number of rotatable bonds is 8. The molecule has 0 amide bonds. The highest BCUT2D eigenvalue weighted by Crippen LogP contribution is 2.51. The fourth-order valence-electron chi connectivity index (χ4n) is 9.23. The number of Topliss-reactive ketones (excluding diaryl/α,β-unsaturated/α-hetero) is 1. The normalized spacial score (nSPS) is 42.8. The van der Waals surface area contributed by atoms with E-state index in [1.54, 1.807) is 59.3 Å². The largest absolute Gasteiger partial charge is 0.461 e. The lowest BCUT2D eigenvalue weighted by Crippen LogP contribution is -2.65. The van der Waals surface area contributed by atoms with Gasteiger partial charge in [-0.3, -0.25) is 24.3 Å². The van der Waals surface area contributed by atoms with Gasteiger partial charge in [-0.15, -0.1) is 0 Å². The second kappa shape index (κ2) is 17.3. The molecule has 15 atom stereocenters. The van der Waals surface area contributed by atoms with Crippen LogP contribution < -0.4 is 0 Å². The molecule has 1 saturated carbocycles. The van der Waals surface area contributed by atoms with Crippen molar-refractivity contribution in [3.8, 4) is 0 Å². The number of carbonyl (C=O) groups is 3. The highest BCUT2D eigenvalue weighted by atomic mass is 16.7. The van der Waals surface area contributed by atoms with Crippen molar-refractivity contribution in [2.75, 3.05) is 47.5 Å². The third-order valence-corrected chi connectivity index (χ3v) is 12.7. The van der Waals surface area contributed by atoms with Crippen molar-refractivity contribution in [2.24, 2.45) is 29.6 Å². The summed E-state index contributed by atoms with van der Waals surface area (Å²) in [5, 5.41) is 22.9. The van der Waals surface area contributed by atoms with Crippen LogP contribution in [0, 0.1) is 29.6 Å². The van der Waals surface area contributed by atoms with Gasteiger partial charge >= 0.3 is 11.9 Å². The standard InChI is InChI=1S/C40H63N3O11/c1-22-21-39(7,49-10)35(54-38-31(42(8)9)29(19-23(2)51-38)43-15-17-50-18-16-43)25(4)33(52-30(44)20-28-11-13-41-14-12-28)26(5)37(47)53-36-27(6)40(36,48)34(46)24(3)32(22)45/h11-14,22-27,29,31,33-36,38,46,48H,15-21H2,1-10H3/t22-,23-,24+,25+,26-,27?,29-,31+,33+,34-,35-,36-,38+,39+,40+/m1/s1. The second-order valence-corrected chi connectivity index (χ2v) is 16.7. The summed E-state index contributed by atoms with van der Waals surface area (Å²) in [6.07, 6.45) is -1.41. The van der Waals surface area contributed by atoms with Gasteiger partial charge in [0.05, 0.1) is 55.5 Å². The average Bonchev–Trinajstić information content (AvgIpc) is 3.68. The van der Waals surface area contributed by atoms with Crippen LogP contribution in [0.2, 0.25) is 0 Å².